The van der Waals surface area contributed by atoms with Gasteiger partial charge in [0, 0.05) is 23.7 Å². The smallest absolute Gasteiger partial charge is 0.305 e. The van der Waals surface area contributed by atoms with Crippen LogP contribution in [-0.4, -0.2) is 18.1 Å². The molecule has 0 radical (unpaired) electrons. The summed E-state index contributed by atoms with van der Waals surface area (Å²) in [6.45, 7) is 2.06. The van der Waals surface area contributed by atoms with E-state index in [1.165, 1.54) is 18.1 Å². The highest BCUT2D eigenvalue weighted by Gasteiger charge is 2.07. The number of nitrogens with zero attached hydrogens (tertiary/aromatic N) is 1. The third-order valence-corrected chi connectivity index (χ3v) is 2.87. The number of aromatic nitrogens is 1. The van der Waals surface area contributed by atoms with Crippen LogP contribution >= 0.6 is 0 Å². The molecule has 1 aromatic carbocycles. The molecule has 3 nitrogen and oxygen atoms in total. The first-order valence-corrected chi connectivity index (χ1v) is 5.62. The number of aryl methyl sites for hydroxylation is 2. The molecule has 1 heterocycles. The van der Waals surface area contributed by atoms with Crippen LogP contribution in [0.3, 0.4) is 0 Å². The maximum absolute atomic E-state index is 11.2. The second kappa shape index (κ2) is 4.95. The predicted molar refractivity (Wildman–Crippen MR) is 66.8 cm³/mol. The van der Waals surface area contributed by atoms with Crippen molar-refractivity contribution in [3.05, 3.63) is 41.7 Å². The van der Waals surface area contributed by atoms with Gasteiger partial charge in [0.1, 0.15) is 0 Å². The summed E-state index contributed by atoms with van der Waals surface area (Å²) in [4.78, 5) is 15.5. The minimum atomic E-state index is -0.197. The lowest BCUT2D eigenvalue weighted by molar-refractivity contribution is -0.140. The molecular formula is C14H15NO2. The first kappa shape index (κ1) is 11.6. The predicted octanol–water partition coefficient (Wildman–Crippen LogP) is 2.65. The Morgan fingerprint density at radius 1 is 1.35 bits per heavy atom. The second-order valence-electron chi connectivity index (χ2n) is 4.01. The van der Waals surface area contributed by atoms with Crippen molar-refractivity contribution < 1.29 is 9.53 Å². The monoisotopic (exact) mass is 229 g/mol. The molecule has 0 saturated heterocycles. The van der Waals surface area contributed by atoms with Gasteiger partial charge in [-0.1, -0.05) is 18.2 Å². The number of methoxy groups -OCH3 is 1. The van der Waals surface area contributed by atoms with Crippen LogP contribution in [0.15, 0.2) is 30.5 Å². The minimum Gasteiger partial charge on any atom is -0.469 e. The Morgan fingerprint density at radius 2 is 2.18 bits per heavy atom. The lowest BCUT2D eigenvalue weighted by atomic mass is 10.0. The summed E-state index contributed by atoms with van der Waals surface area (Å²) < 4.78 is 4.65. The quantitative estimate of drug-likeness (QED) is 0.759. The van der Waals surface area contributed by atoms with Gasteiger partial charge in [-0.25, -0.2) is 0 Å². The fourth-order valence-corrected chi connectivity index (χ4v) is 2.01. The van der Waals surface area contributed by atoms with Crippen molar-refractivity contribution in [1.29, 1.82) is 0 Å². The third-order valence-electron chi connectivity index (χ3n) is 2.87. The summed E-state index contributed by atoms with van der Waals surface area (Å²) in [5.41, 5.74) is 2.15. The SMILES string of the molecule is COC(=O)CCc1nccc2cccc(C)c12. The Balaban J connectivity index is 2.37. The van der Waals surface area contributed by atoms with Crippen LogP contribution in [0.5, 0.6) is 0 Å². The number of benzene rings is 1. The fraction of sp³-hybridized carbons (Fsp3) is 0.286. The molecule has 0 aliphatic rings. The number of hydrogen-bond acceptors (Lipinski definition) is 3. The Labute approximate surface area is 100 Å². The molecular weight excluding hydrogens is 214 g/mol. The third kappa shape index (κ3) is 2.44. The minimum absolute atomic E-state index is 0.197. The average molecular weight is 229 g/mol. The zero-order chi connectivity index (χ0) is 12.3. The first-order valence-electron chi connectivity index (χ1n) is 5.62. The molecule has 0 atom stereocenters. The Hall–Kier alpha value is -1.90. The van der Waals surface area contributed by atoms with Crippen LogP contribution in [0.2, 0.25) is 0 Å². The molecule has 0 unspecified atom stereocenters. The zero-order valence-corrected chi connectivity index (χ0v) is 10.1. The molecule has 0 spiro atoms. The number of rotatable bonds is 3. The largest absolute Gasteiger partial charge is 0.469 e. The van der Waals surface area contributed by atoms with E-state index in [0.29, 0.717) is 12.8 Å². The van der Waals surface area contributed by atoms with E-state index in [9.17, 15) is 4.79 Å². The topological polar surface area (TPSA) is 39.2 Å². The average Bonchev–Trinajstić information content (AvgIpc) is 2.36. The van der Waals surface area contributed by atoms with Gasteiger partial charge in [0.05, 0.1) is 13.5 Å². The molecule has 0 saturated carbocycles. The van der Waals surface area contributed by atoms with Gasteiger partial charge in [-0.2, -0.15) is 0 Å². The molecule has 88 valence electrons. The molecule has 2 aromatic rings. The highest BCUT2D eigenvalue weighted by molar-refractivity contribution is 5.87. The van der Waals surface area contributed by atoms with Gasteiger partial charge in [-0.3, -0.25) is 9.78 Å². The Bertz CT molecular complexity index is 544. The molecule has 0 fully saturated rings. The van der Waals surface area contributed by atoms with Crippen molar-refractivity contribution in [3.8, 4) is 0 Å². The van der Waals surface area contributed by atoms with E-state index in [1.807, 2.05) is 12.1 Å². The number of pyridine rings is 1. The van der Waals surface area contributed by atoms with Gasteiger partial charge in [-0.05, 0) is 23.9 Å². The van der Waals surface area contributed by atoms with E-state index < -0.39 is 0 Å². The van der Waals surface area contributed by atoms with Gasteiger partial charge in [0.15, 0.2) is 0 Å². The van der Waals surface area contributed by atoms with Gasteiger partial charge >= 0.3 is 5.97 Å². The first-order chi connectivity index (χ1) is 8.22. The summed E-state index contributed by atoms with van der Waals surface area (Å²) >= 11 is 0. The molecule has 3 heteroatoms. The van der Waals surface area contributed by atoms with Crippen LogP contribution in [-0.2, 0) is 16.0 Å². The van der Waals surface area contributed by atoms with Crippen molar-refractivity contribution in [1.82, 2.24) is 4.98 Å². The number of esters is 1. The van der Waals surface area contributed by atoms with Gasteiger partial charge in [0.25, 0.3) is 0 Å². The summed E-state index contributed by atoms with van der Waals surface area (Å²) in [5, 5.41) is 2.32. The lowest BCUT2D eigenvalue weighted by Crippen LogP contribution is -2.03. The summed E-state index contributed by atoms with van der Waals surface area (Å²) in [6.07, 6.45) is 2.78. The van der Waals surface area contributed by atoms with Crippen LogP contribution in [0.4, 0.5) is 0 Å². The number of ether oxygens (including phenoxy) is 1. The van der Waals surface area contributed by atoms with Crippen molar-refractivity contribution in [2.45, 2.75) is 19.8 Å². The maximum Gasteiger partial charge on any atom is 0.305 e. The Morgan fingerprint density at radius 3 is 2.94 bits per heavy atom. The van der Waals surface area contributed by atoms with Crippen LogP contribution in [0.25, 0.3) is 10.8 Å². The van der Waals surface area contributed by atoms with E-state index in [0.717, 1.165) is 11.1 Å². The number of hydrogen-bond donors (Lipinski definition) is 0. The Kier molecular flexibility index (Phi) is 3.38. The van der Waals surface area contributed by atoms with Crippen LogP contribution in [0, 0.1) is 6.92 Å². The van der Waals surface area contributed by atoms with E-state index in [1.54, 1.807) is 6.20 Å². The number of carbonyl (C=O) groups excluding carboxylic acids is 1. The van der Waals surface area contributed by atoms with Gasteiger partial charge < -0.3 is 4.74 Å². The molecule has 0 N–H and O–H groups in total. The summed E-state index contributed by atoms with van der Waals surface area (Å²) in [5.74, 6) is -0.197. The summed E-state index contributed by atoms with van der Waals surface area (Å²) in [7, 11) is 1.41. The van der Waals surface area contributed by atoms with E-state index in [2.05, 4.69) is 28.8 Å². The van der Waals surface area contributed by atoms with Crippen molar-refractivity contribution >= 4 is 16.7 Å². The number of carbonyl (C=O) groups is 1. The maximum atomic E-state index is 11.2. The van der Waals surface area contributed by atoms with Gasteiger partial charge in [0.2, 0.25) is 0 Å². The lowest BCUT2D eigenvalue weighted by Gasteiger charge is -2.07. The summed E-state index contributed by atoms with van der Waals surface area (Å²) in [6, 6.07) is 8.14. The standard InChI is InChI=1S/C14H15NO2/c1-10-4-3-5-11-8-9-15-12(14(10)11)6-7-13(16)17-2/h3-5,8-9H,6-7H2,1-2H3. The van der Waals surface area contributed by atoms with Crippen LogP contribution in [0.1, 0.15) is 17.7 Å². The number of fused-ring (bicyclic) bond motifs is 1. The molecule has 0 amide bonds. The molecule has 17 heavy (non-hydrogen) atoms. The van der Waals surface area contributed by atoms with E-state index in [4.69, 9.17) is 0 Å². The van der Waals surface area contributed by atoms with Gasteiger partial charge in [-0.15, -0.1) is 0 Å². The highest BCUT2D eigenvalue weighted by Crippen LogP contribution is 2.21. The zero-order valence-electron chi connectivity index (χ0n) is 10.1. The molecule has 0 aliphatic heterocycles. The normalized spacial score (nSPS) is 10.5. The van der Waals surface area contributed by atoms with E-state index >= 15 is 0 Å². The molecule has 1 aromatic heterocycles. The molecule has 2 rings (SSSR count). The van der Waals surface area contributed by atoms with E-state index in [-0.39, 0.29) is 5.97 Å². The molecule has 0 aliphatic carbocycles. The van der Waals surface area contributed by atoms with Crippen molar-refractivity contribution in [2.75, 3.05) is 7.11 Å². The highest BCUT2D eigenvalue weighted by atomic mass is 16.5. The molecule has 0 bridgehead atoms. The fourth-order valence-electron chi connectivity index (χ4n) is 2.01. The van der Waals surface area contributed by atoms with Crippen LogP contribution < -0.4 is 0 Å². The second-order valence-corrected chi connectivity index (χ2v) is 4.01. The van der Waals surface area contributed by atoms with Crippen molar-refractivity contribution in [3.63, 3.8) is 0 Å². The van der Waals surface area contributed by atoms with Crippen molar-refractivity contribution in [2.24, 2.45) is 0 Å².